The smallest absolute Gasteiger partial charge is 0.479 e. The number of aliphatic hydroxyl groups is 3. The van der Waals surface area contributed by atoms with E-state index >= 15 is 0 Å². The Hall–Kier alpha value is -6.14. The van der Waals surface area contributed by atoms with Crippen LogP contribution in [0.5, 0.6) is 11.5 Å². The topological polar surface area (TPSA) is 328 Å². The number of hydrogen-bond donors (Lipinski definition) is 7. The Morgan fingerprint density at radius 1 is 0.667 bits per heavy atom. The van der Waals surface area contributed by atoms with Gasteiger partial charge in [0.05, 0.1) is 55.4 Å². The Kier molecular flexibility index (Phi) is 43.8. The zero-order valence-electron chi connectivity index (χ0n) is 57.6. The summed E-state index contributed by atoms with van der Waals surface area (Å²) in [5.41, 5.74) is -0.285. The average molecular weight is 1330 g/mol. The number of hydrogen-bond acceptors (Lipinski definition) is 21. The van der Waals surface area contributed by atoms with E-state index in [-0.39, 0.29) is 49.1 Å². The molecular weight excluding hydrogens is 1220 g/mol. The molecule has 0 bridgehead atoms. The van der Waals surface area contributed by atoms with Crippen molar-refractivity contribution in [2.24, 2.45) is 5.16 Å². The number of rotatable bonds is 40. The number of aryl methyl sites for hydroxylation is 1. The van der Waals surface area contributed by atoms with Gasteiger partial charge in [0.1, 0.15) is 31.3 Å². The predicted octanol–water partition coefficient (Wildman–Crippen LogP) is 9.50. The molecule has 0 radical (unpaired) electrons. The molecule has 2 aliphatic heterocycles. The van der Waals surface area contributed by atoms with Crippen molar-refractivity contribution in [1.29, 1.82) is 0 Å². The lowest BCUT2D eigenvalue weighted by Crippen LogP contribution is -2.45. The van der Waals surface area contributed by atoms with Gasteiger partial charge < -0.3 is 93.3 Å². The third kappa shape index (κ3) is 38.7. The highest BCUT2D eigenvalue weighted by Gasteiger charge is 2.36. The van der Waals surface area contributed by atoms with E-state index in [1.54, 1.807) is 18.2 Å². The minimum absolute atomic E-state index is 0.00172. The maximum atomic E-state index is 13.8. The standard InChI is InChI=1S/C43H71FN4O14.C18H23FO6.2C2H6.CH4O/c1-40(2,46-30-49)14-19-58-42(5,6)12-16-48(18-21-55-22-23-56-24-25-60-45-9)17-13-43(7,8)59-20-15-41(3,4)47-37(51)33-26-31(29-57-39(44)54)10-11-34(33)61-36-28-32(50)27-35(62-36)38(52)53;1-3-4-16(19)23-10-12-5-6-14(11(2)7-12)24-17-9-13(20)8-15(25-17)18(21)22;3*1-2/h10-11,26,30,32,35-36,50H,9,12-25,27-29H2,1-8H3,(H,46,49)(H,47,51)(H,52,53);4-7,13,15,17,20H,3,8-10H2,1-2H3,(H,21,22);2*1-2H3;2H,1H3/b;16-4-;;;. The number of carbonyl (C=O) groups is 5. The molecule has 2 aliphatic rings. The zero-order valence-corrected chi connectivity index (χ0v) is 57.6. The highest BCUT2D eigenvalue weighted by molar-refractivity contribution is 5.97. The van der Waals surface area contributed by atoms with Crippen LogP contribution in [0.2, 0.25) is 0 Å². The average Bonchev–Trinajstić information content (AvgIpc) is 0.918. The zero-order chi connectivity index (χ0) is 70.8. The highest BCUT2D eigenvalue weighted by atomic mass is 19.1. The van der Waals surface area contributed by atoms with E-state index in [1.807, 2.05) is 83.1 Å². The van der Waals surface area contributed by atoms with Crippen LogP contribution in [0.25, 0.3) is 0 Å². The number of carbonyl (C=O) groups excluding carboxylic acids is 3. The van der Waals surface area contributed by atoms with Crippen LogP contribution in [-0.2, 0) is 70.3 Å². The van der Waals surface area contributed by atoms with Crippen LogP contribution in [0.15, 0.2) is 53.6 Å². The summed E-state index contributed by atoms with van der Waals surface area (Å²) in [4.78, 5) is 65.3. The minimum Gasteiger partial charge on any atom is -0.479 e. The van der Waals surface area contributed by atoms with Gasteiger partial charge in [0, 0.05) is 83.4 Å². The molecule has 6 unspecified atom stereocenters. The Morgan fingerprint density at radius 3 is 1.62 bits per heavy atom. The van der Waals surface area contributed by atoms with Crippen molar-refractivity contribution in [2.45, 2.75) is 227 Å². The molecule has 2 heterocycles. The molecular formula is C66H110F2N4O21. The van der Waals surface area contributed by atoms with Gasteiger partial charge in [-0.25, -0.2) is 14.4 Å². The number of allylic oxidation sites excluding steroid dienone is 1. The number of carboxylic acid groups (broad SMARTS) is 2. The molecule has 2 fully saturated rings. The van der Waals surface area contributed by atoms with E-state index in [0.717, 1.165) is 31.2 Å². The van der Waals surface area contributed by atoms with Crippen molar-refractivity contribution >= 4 is 37.2 Å². The number of nitrogens with one attached hydrogen (secondary N) is 2. The molecule has 7 N–H and O–H groups in total. The molecule has 27 heteroatoms. The lowest BCUT2D eigenvalue weighted by atomic mass is 9.99. The van der Waals surface area contributed by atoms with Gasteiger partial charge in [-0.1, -0.05) is 46.8 Å². The Labute approximate surface area is 549 Å². The van der Waals surface area contributed by atoms with Crippen LogP contribution in [0, 0.1) is 6.92 Å². The molecule has 2 aromatic rings. The molecule has 534 valence electrons. The van der Waals surface area contributed by atoms with Crippen LogP contribution >= 0.6 is 0 Å². The van der Waals surface area contributed by atoms with E-state index in [4.69, 9.17) is 57.7 Å². The van der Waals surface area contributed by atoms with Crippen LogP contribution in [0.1, 0.15) is 175 Å². The van der Waals surface area contributed by atoms with Gasteiger partial charge in [0.15, 0.2) is 12.2 Å². The second-order valence-corrected chi connectivity index (χ2v) is 23.7. The molecule has 0 aromatic heterocycles. The number of oxime groups is 1. The number of nitrogens with zero attached hydrogens (tertiary/aromatic N) is 2. The Morgan fingerprint density at radius 2 is 1.14 bits per heavy atom. The number of aliphatic carboxylic acids is 2. The van der Waals surface area contributed by atoms with Crippen LogP contribution in [-0.4, -0.2) is 200 Å². The normalized spacial score (nSPS) is 18.2. The maximum absolute atomic E-state index is 13.8. The first-order chi connectivity index (χ1) is 43.9. The summed E-state index contributed by atoms with van der Waals surface area (Å²) >= 11 is 0. The van der Waals surface area contributed by atoms with Crippen molar-refractivity contribution in [3.63, 3.8) is 0 Å². The molecule has 0 aliphatic carbocycles. The molecule has 6 atom stereocenters. The maximum Gasteiger partial charge on any atom is 0.495 e. The fourth-order valence-electron chi connectivity index (χ4n) is 8.71. The molecule has 0 spiro atoms. The van der Waals surface area contributed by atoms with Crippen molar-refractivity contribution in [2.75, 3.05) is 73.0 Å². The summed E-state index contributed by atoms with van der Waals surface area (Å²) in [5.74, 6) is -2.42. The Balaban J connectivity index is 0.00000225. The van der Waals surface area contributed by atoms with Crippen molar-refractivity contribution in [1.82, 2.24) is 15.5 Å². The fourth-order valence-corrected chi connectivity index (χ4v) is 8.71. The summed E-state index contributed by atoms with van der Waals surface area (Å²) in [6, 6.07) is 8.85. The largest absolute Gasteiger partial charge is 0.495 e. The van der Waals surface area contributed by atoms with Crippen LogP contribution in [0.3, 0.4) is 0 Å². The minimum atomic E-state index is -1.98. The van der Waals surface area contributed by atoms with Crippen molar-refractivity contribution in [3.05, 3.63) is 70.7 Å². The first-order valence-electron chi connectivity index (χ1n) is 31.7. The number of halogens is 2. The first-order valence-corrected chi connectivity index (χ1v) is 31.7. The monoisotopic (exact) mass is 1330 g/mol. The quantitative estimate of drug-likeness (QED) is 0.00815. The molecule has 2 aromatic carbocycles. The van der Waals surface area contributed by atoms with Gasteiger partial charge in [-0.2, -0.15) is 4.39 Å². The van der Waals surface area contributed by atoms with E-state index in [1.165, 1.54) is 24.3 Å². The SMILES string of the molecule is C=NOCCOCCOCCN(CCC(C)(C)OCCC(C)(C)NC=O)CCC(C)(C)OCCC(C)(C)NC(=O)c1cc(COC(=O)F)ccc1OC1CC(O)CC(C(=O)O)O1.CC.CC.CC/C=C(/F)OCc1ccc(OC2CC(O)CC(C(=O)O)O2)c(C)c1.CO. The number of carboxylic acids is 2. The van der Waals surface area contributed by atoms with Crippen molar-refractivity contribution < 1.29 is 110 Å². The van der Waals surface area contributed by atoms with E-state index in [0.29, 0.717) is 103 Å². The predicted molar refractivity (Wildman–Crippen MR) is 345 cm³/mol. The van der Waals surface area contributed by atoms with E-state index in [9.17, 15) is 48.1 Å². The summed E-state index contributed by atoms with van der Waals surface area (Å²) in [6.45, 7) is 35.2. The van der Waals surface area contributed by atoms with Crippen LogP contribution in [0.4, 0.5) is 13.6 Å². The summed E-state index contributed by atoms with van der Waals surface area (Å²) in [7, 11) is 1.00. The lowest BCUT2D eigenvalue weighted by Gasteiger charge is -2.34. The first kappa shape index (κ1) is 86.9. The van der Waals surface area contributed by atoms with E-state index < -0.39 is 90.4 Å². The van der Waals surface area contributed by atoms with Gasteiger partial charge in [0.25, 0.3) is 11.9 Å². The van der Waals surface area contributed by atoms with Gasteiger partial charge in [-0.05, 0) is 141 Å². The second-order valence-electron chi connectivity index (χ2n) is 23.7. The molecule has 25 nitrogen and oxygen atoms in total. The number of ether oxygens (including phenoxy) is 10. The van der Waals surface area contributed by atoms with Crippen molar-refractivity contribution in [3.8, 4) is 11.5 Å². The number of aliphatic hydroxyl groups excluding tert-OH is 3. The lowest BCUT2D eigenvalue weighted by molar-refractivity contribution is -0.195. The van der Waals surface area contributed by atoms with E-state index in [2.05, 4.69) is 46.0 Å². The molecule has 2 amide bonds. The summed E-state index contributed by atoms with van der Waals surface area (Å²) < 4.78 is 82.0. The van der Waals surface area contributed by atoms with Crippen LogP contribution < -0.4 is 20.1 Å². The van der Waals surface area contributed by atoms with Gasteiger partial charge >= 0.3 is 18.2 Å². The third-order valence-corrected chi connectivity index (χ3v) is 14.0. The van der Waals surface area contributed by atoms with Gasteiger partial charge in [-0.15, -0.1) is 9.55 Å². The molecule has 0 saturated carbocycles. The summed E-state index contributed by atoms with van der Waals surface area (Å²) in [6.07, 6.45) is -2.97. The van der Waals surface area contributed by atoms with Gasteiger partial charge in [0.2, 0.25) is 19.0 Å². The molecule has 93 heavy (non-hydrogen) atoms. The number of amides is 2. The Bertz CT molecular complexity index is 2490. The molecule has 4 rings (SSSR count). The fraction of sp³-hybridized carbons (Fsp3) is 0.697. The highest BCUT2D eigenvalue weighted by Crippen LogP contribution is 2.30. The third-order valence-electron chi connectivity index (χ3n) is 14.0. The second kappa shape index (κ2) is 46.9. The molecule has 2 saturated heterocycles. The van der Waals surface area contributed by atoms with Gasteiger partial charge in [-0.3, -0.25) is 9.59 Å². The number of benzene rings is 2. The summed E-state index contributed by atoms with van der Waals surface area (Å²) in [5, 5.41) is 54.6.